The van der Waals surface area contributed by atoms with Gasteiger partial charge in [0.15, 0.2) is 0 Å². The van der Waals surface area contributed by atoms with E-state index >= 15 is 0 Å². The van der Waals surface area contributed by atoms with E-state index in [1.165, 1.54) is 29.3 Å². The Morgan fingerprint density at radius 1 is 1.00 bits per heavy atom. The van der Waals surface area contributed by atoms with E-state index in [2.05, 4.69) is 16.9 Å². The van der Waals surface area contributed by atoms with E-state index in [1.54, 1.807) is 24.3 Å². The van der Waals surface area contributed by atoms with Crippen LogP contribution in [0.4, 0.5) is 8.78 Å². The molecule has 2 heterocycles. The van der Waals surface area contributed by atoms with E-state index in [9.17, 15) is 13.6 Å². The van der Waals surface area contributed by atoms with Crippen LogP contribution in [0.25, 0.3) is 0 Å². The first kappa shape index (κ1) is 19.7. The monoisotopic (exact) mass is 397 g/mol. The number of hydrogen-bond donors (Lipinski definition) is 0. The van der Waals surface area contributed by atoms with Gasteiger partial charge in [0, 0.05) is 6.42 Å². The third kappa shape index (κ3) is 4.53. The Hall–Kier alpha value is -2.60. The second-order valence-electron chi connectivity index (χ2n) is 8.02. The minimum Gasteiger partial charge on any atom is -0.294 e. The molecule has 4 nitrogen and oxygen atoms in total. The lowest BCUT2D eigenvalue weighted by Crippen LogP contribution is -2.41. The molecule has 2 aliphatic heterocycles. The van der Waals surface area contributed by atoms with Gasteiger partial charge in [-0.3, -0.25) is 9.69 Å². The maximum absolute atomic E-state index is 13.4. The number of piperidine rings is 1. The lowest BCUT2D eigenvalue weighted by atomic mass is 9.98. The van der Waals surface area contributed by atoms with Crippen LogP contribution in [0.15, 0.2) is 53.6 Å². The van der Waals surface area contributed by atoms with E-state index in [-0.39, 0.29) is 23.6 Å². The SMILES string of the molecule is CC1CCN(CC(=O)N2N=C(c3ccc(F)cc3)C[C@H]2c2ccc(F)cc2)CC1. The summed E-state index contributed by atoms with van der Waals surface area (Å²) >= 11 is 0. The number of hydrazone groups is 1. The second-order valence-corrected chi connectivity index (χ2v) is 8.02. The van der Waals surface area contributed by atoms with Crippen LogP contribution in [0, 0.1) is 17.6 Å². The molecule has 0 N–H and O–H groups in total. The van der Waals surface area contributed by atoms with Crippen LogP contribution in [0.3, 0.4) is 0 Å². The number of carbonyl (C=O) groups excluding carboxylic acids is 1. The summed E-state index contributed by atoms with van der Waals surface area (Å²) in [5.41, 5.74) is 2.37. The fourth-order valence-corrected chi connectivity index (χ4v) is 3.99. The van der Waals surface area contributed by atoms with Gasteiger partial charge < -0.3 is 0 Å². The van der Waals surface area contributed by atoms with Crippen molar-refractivity contribution in [3.63, 3.8) is 0 Å². The quantitative estimate of drug-likeness (QED) is 0.768. The van der Waals surface area contributed by atoms with Crippen LogP contribution in [-0.4, -0.2) is 41.2 Å². The van der Waals surface area contributed by atoms with Gasteiger partial charge in [-0.25, -0.2) is 13.8 Å². The Labute approximate surface area is 169 Å². The predicted molar refractivity (Wildman–Crippen MR) is 108 cm³/mol. The first-order valence-corrected chi connectivity index (χ1v) is 10.1. The van der Waals surface area contributed by atoms with Crippen molar-refractivity contribution in [1.29, 1.82) is 0 Å². The van der Waals surface area contributed by atoms with Gasteiger partial charge in [-0.2, -0.15) is 5.10 Å². The third-order valence-electron chi connectivity index (χ3n) is 5.83. The minimum absolute atomic E-state index is 0.0639. The topological polar surface area (TPSA) is 35.9 Å². The summed E-state index contributed by atoms with van der Waals surface area (Å²) in [6.45, 7) is 4.39. The van der Waals surface area contributed by atoms with Crippen LogP contribution >= 0.6 is 0 Å². The van der Waals surface area contributed by atoms with Crippen LogP contribution < -0.4 is 0 Å². The van der Waals surface area contributed by atoms with Crippen molar-refractivity contribution in [2.75, 3.05) is 19.6 Å². The van der Waals surface area contributed by atoms with Crippen molar-refractivity contribution < 1.29 is 13.6 Å². The summed E-state index contributed by atoms with van der Waals surface area (Å²) in [7, 11) is 0. The summed E-state index contributed by atoms with van der Waals surface area (Å²) < 4.78 is 26.7. The fraction of sp³-hybridized carbons (Fsp3) is 0.391. The number of rotatable bonds is 4. The average molecular weight is 397 g/mol. The number of halogens is 2. The van der Waals surface area contributed by atoms with Crippen LogP contribution in [0.1, 0.15) is 43.4 Å². The molecule has 0 aromatic heterocycles. The molecule has 6 heteroatoms. The molecule has 2 aromatic carbocycles. The Morgan fingerprint density at radius 3 is 2.21 bits per heavy atom. The molecular weight excluding hydrogens is 372 g/mol. The third-order valence-corrected chi connectivity index (χ3v) is 5.83. The molecule has 152 valence electrons. The lowest BCUT2D eigenvalue weighted by molar-refractivity contribution is -0.134. The molecule has 4 rings (SSSR count). The Kier molecular flexibility index (Phi) is 5.72. The van der Waals surface area contributed by atoms with Gasteiger partial charge in [-0.15, -0.1) is 0 Å². The molecular formula is C23H25F2N3O. The number of likely N-dealkylation sites (tertiary alicyclic amines) is 1. The summed E-state index contributed by atoms with van der Waals surface area (Å²) in [5, 5.41) is 6.14. The highest BCUT2D eigenvalue weighted by molar-refractivity contribution is 6.03. The summed E-state index contributed by atoms with van der Waals surface area (Å²) in [6, 6.07) is 12.1. The van der Waals surface area contributed by atoms with Gasteiger partial charge >= 0.3 is 0 Å². The Bertz CT molecular complexity index is 887. The zero-order chi connectivity index (χ0) is 20.4. The molecule has 0 bridgehead atoms. The van der Waals surface area contributed by atoms with E-state index < -0.39 is 0 Å². The number of benzene rings is 2. The average Bonchev–Trinajstić information content (AvgIpc) is 3.16. The molecule has 1 amide bonds. The molecule has 1 fully saturated rings. The van der Waals surface area contributed by atoms with E-state index in [1.807, 2.05) is 0 Å². The summed E-state index contributed by atoms with van der Waals surface area (Å²) in [6.07, 6.45) is 2.71. The van der Waals surface area contributed by atoms with Gasteiger partial charge in [0.2, 0.25) is 0 Å². The maximum Gasteiger partial charge on any atom is 0.257 e. The van der Waals surface area contributed by atoms with E-state index in [0.29, 0.717) is 18.9 Å². The van der Waals surface area contributed by atoms with E-state index in [0.717, 1.165) is 42.8 Å². The number of amides is 1. The normalized spacial score (nSPS) is 20.7. The molecule has 1 saturated heterocycles. The molecule has 0 radical (unpaired) electrons. The van der Waals surface area contributed by atoms with Crippen LogP contribution in [0.5, 0.6) is 0 Å². The molecule has 2 aromatic rings. The predicted octanol–water partition coefficient (Wildman–Crippen LogP) is 4.37. The molecule has 0 aliphatic carbocycles. The zero-order valence-electron chi connectivity index (χ0n) is 16.5. The Balaban J connectivity index is 1.57. The molecule has 0 saturated carbocycles. The zero-order valence-corrected chi connectivity index (χ0v) is 16.5. The molecule has 1 atom stereocenters. The minimum atomic E-state index is -0.313. The summed E-state index contributed by atoms with van der Waals surface area (Å²) in [5.74, 6) is 0.00983. The van der Waals surface area contributed by atoms with Gasteiger partial charge in [0.05, 0.1) is 18.3 Å². The highest BCUT2D eigenvalue weighted by atomic mass is 19.1. The van der Waals surface area contributed by atoms with Gasteiger partial charge in [-0.1, -0.05) is 31.2 Å². The highest BCUT2D eigenvalue weighted by Crippen LogP contribution is 2.33. The first-order valence-electron chi connectivity index (χ1n) is 10.1. The molecule has 29 heavy (non-hydrogen) atoms. The van der Waals surface area contributed by atoms with Crippen molar-refractivity contribution >= 4 is 11.6 Å². The smallest absolute Gasteiger partial charge is 0.257 e. The Morgan fingerprint density at radius 2 is 1.59 bits per heavy atom. The summed E-state index contributed by atoms with van der Waals surface area (Å²) in [4.78, 5) is 15.3. The van der Waals surface area contributed by atoms with E-state index in [4.69, 9.17) is 0 Å². The van der Waals surface area contributed by atoms with Crippen molar-refractivity contribution in [3.8, 4) is 0 Å². The maximum atomic E-state index is 13.4. The van der Waals surface area contributed by atoms with Crippen LogP contribution in [-0.2, 0) is 4.79 Å². The number of nitrogens with zero attached hydrogens (tertiary/aromatic N) is 3. The van der Waals surface area contributed by atoms with Crippen molar-refractivity contribution in [1.82, 2.24) is 9.91 Å². The van der Waals surface area contributed by atoms with Crippen molar-refractivity contribution in [2.24, 2.45) is 11.0 Å². The second kappa shape index (κ2) is 8.41. The molecule has 2 aliphatic rings. The van der Waals surface area contributed by atoms with Gasteiger partial charge in [0.25, 0.3) is 5.91 Å². The highest BCUT2D eigenvalue weighted by Gasteiger charge is 2.34. The largest absolute Gasteiger partial charge is 0.294 e. The van der Waals surface area contributed by atoms with Gasteiger partial charge in [-0.05, 0) is 67.2 Å². The number of carbonyl (C=O) groups is 1. The molecule has 0 spiro atoms. The number of hydrogen-bond acceptors (Lipinski definition) is 3. The van der Waals surface area contributed by atoms with Gasteiger partial charge in [0.1, 0.15) is 11.6 Å². The molecule has 0 unspecified atom stereocenters. The van der Waals surface area contributed by atoms with Crippen LogP contribution in [0.2, 0.25) is 0 Å². The fourth-order valence-electron chi connectivity index (χ4n) is 3.99. The standard InChI is InChI=1S/C23H25F2N3O/c1-16-10-12-27(13-11-16)15-23(29)28-22(18-4-8-20(25)9-5-18)14-21(26-28)17-2-6-19(24)7-3-17/h2-9,16,22H,10-15H2,1H3/t22-/m0/s1. The van der Waals surface area contributed by atoms with Crippen molar-refractivity contribution in [3.05, 3.63) is 71.3 Å². The lowest BCUT2D eigenvalue weighted by Gasteiger charge is -2.31. The van der Waals surface area contributed by atoms with Crippen molar-refractivity contribution in [2.45, 2.75) is 32.2 Å². The first-order chi connectivity index (χ1) is 14.0.